The number of carbonyl (C=O) groups excluding carboxylic acids is 2. The Bertz CT molecular complexity index is 1080. The van der Waals surface area contributed by atoms with E-state index in [1.54, 1.807) is 0 Å². The zero-order valence-electron chi connectivity index (χ0n) is 18.3. The van der Waals surface area contributed by atoms with E-state index in [2.05, 4.69) is 10.2 Å². The summed E-state index contributed by atoms with van der Waals surface area (Å²) in [7, 11) is -3.65. The van der Waals surface area contributed by atoms with E-state index in [0.29, 0.717) is 31.5 Å². The Morgan fingerprint density at radius 2 is 1.53 bits per heavy atom. The Hall–Kier alpha value is -2.71. The van der Waals surface area contributed by atoms with Gasteiger partial charge in [0.05, 0.1) is 16.3 Å². The van der Waals surface area contributed by atoms with Crippen LogP contribution in [-0.2, 0) is 14.8 Å². The number of hydrogen-bond acceptors (Lipinski definition) is 5. The van der Waals surface area contributed by atoms with Crippen LogP contribution in [0.2, 0.25) is 0 Å². The number of nitrogens with one attached hydrogen (secondary N) is 1. The highest BCUT2D eigenvalue weighted by atomic mass is 32.2. The molecule has 0 saturated carbocycles. The van der Waals surface area contributed by atoms with Crippen molar-refractivity contribution in [3.05, 3.63) is 54.1 Å². The quantitative estimate of drug-likeness (QED) is 0.674. The van der Waals surface area contributed by atoms with Gasteiger partial charge in [-0.25, -0.2) is 8.42 Å². The number of hydrogen-bond donors (Lipinski definition) is 1. The van der Waals surface area contributed by atoms with E-state index in [0.717, 1.165) is 37.3 Å². The summed E-state index contributed by atoms with van der Waals surface area (Å²) in [4.78, 5) is 26.8. The first-order chi connectivity index (χ1) is 15.4. The molecule has 32 heavy (non-hydrogen) atoms. The molecule has 0 aromatic heterocycles. The lowest BCUT2D eigenvalue weighted by atomic mass is 9.97. The molecule has 7 nitrogen and oxygen atoms in total. The molecule has 2 saturated heterocycles. The summed E-state index contributed by atoms with van der Waals surface area (Å²) in [6, 6.07) is 13.9. The summed E-state index contributed by atoms with van der Waals surface area (Å²) in [5.41, 5.74) is 2.35. The van der Waals surface area contributed by atoms with E-state index in [-0.39, 0.29) is 22.5 Å². The van der Waals surface area contributed by atoms with Crippen LogP contribution in [0.15, 0.2) is 53.4 Å². The second-order valence-electron chi connectivity index (χ2n) is 8.46. The normalized spacial score (nSPS) is 18.0. The predicted octanol–water partition coefficient (Wildman–Crippen LogP) is 3.53. The first-order valence-electron chi connectivity index (χ1n) is 11.1. The minimum atomic E-state index is -3.65. The molecule has 8 heteroatoms. The monoisotopic (exact) mass is 455 g/mol. The molecule has 2 aliphatic rings. The summed E-state index contributed by atoms with van der Waals surface area (Å²) < 4.78 is 27.4. The number of nitrogens with zero attached hydrogens (tertiary/aromatic N) is 2. The topological polar surface area (TPSA) is 86.8 Å². The predicted molar refractivity (Wildman–Crippen MR) is 124 cm³/mol. The smallest absolute Gasteiger partial charge is 0.243 e. The van der Waals surface area contributed by atoms with E-state index in [1.165, 1.54) is 35.5 Å². The SMILES string of the molecule is CC(=O)c1ccc(S(=O)(=O)N2CCC(C(=O)Nc3ccccc3N3CCCC3)CC2)cc1. The molecule has 2 heterocycles. The van der Waals surface area contributed by atoms with Crippen LogP contribution in [0.4, 0.5) is 11.4 Å². The van der Waals surface area contributed by atoms with Crippen LogP contribution in [0, 0.1) is 5.92 Å². The second-order valence-corrected chi connectivity index (χ2v) is 10.4. The highest BCUT2D eigenvalue weighted by molar-refractivity contribution is 7.89. The molecule has 2 aliphatic heterocycles. The minimum Gasteiger partial charge on any atom is -0.370 e. The van der Waals surface area contributed by atoms with Crippen molar-refractivity contribution in [3.8, 4) is 0 Å². The van der Waals surface area contributed by atoms with Crippen molar-refractivity contribution in [2.75, 3.05) is 36.4 Å². The molecule has 170 valence electrons. The largest absolute Gasteiger partial charge is 0.370 e. The summed E-state index contributed by atoms with van der Waals surface area (Å²) in [6.07, 6.45) is 3.27. The van der Waals surface area contributed by atoms with Gasteiger partial charge in [0, 0.05) is 37.7 Å². The molecule has 0 unspecified atom stereocenters. The molecule has 0 bridgehead atoms. The van der Waals surface area contributed by atoms with Gasteiger partial charge in [-0.3, -0.25) is 9.59 Å². The van der Waals surface area contributed by atoms with Crippen molar-refractivity contribution in [2.24, 2.45) is 5.92 Å². The van der Waals surface area contributed by atoms with Crippen molar-refractivity contribution in [3.63, 3.8) is 0 Å². The van der Waals surface area contributed by atoms with Crippen LogP contribution in [0.25, 0.3) is 0 Å². The minimum absolute atomic E-state index is 0.0560. The summed E-state index contributed by atoms with van der Waals surface area (Å²) in [5, 5.41) is 3.08. The third kappa shape index (κ3) is 4.71. The number of rotatable bonds is 6. The van der Waals surface area contributed by atoms with Crippen LogP contribution in [0.1, 0.15) is 43.0 Å². The molecule has 2 aromatic carbocycles. The zero-order valence-corrected chi connectivity index (χ0v) is 19.1. The number of anilines is 2. The Kier molecular flexibility index (Phi) is 6.62. The number of amides is 1. The molecule has 1 amide bonds. The number of Topliss-reactive ketones (excluding diaryl/α,β-unsaturated/α-hetero) is 1. The Balaban J connectivity index is 1.38. The third-order valence-electron chi connectivity index (χ3n) is 6.33. The fourth-order valence-corrected chi connectivity index (χ4v) is 5.89. The molecule has 2 fully saturated rings. The van der Waals surface area contributed by atoms with Gasteiger partial charge in [-0.05, 0) is 56.9 Å². The number of benzene rings is 2. The maximum atomic E-state index is 13.0. The standard InChI is InChI=1S/C24H29N3O4S/c1-18(28)19-8-10-21(11-9-19)32(30,31)27-16-12-20(13-17-27)24(29)25-22-6-2-3-7-23(22)26-14-4-5-15-26/h2-3,6-11,20H,4-5,12-17H2,1H3,(H,25,29). The first kappa shape index (κ1) is 22.5. The van der Waals surface area contributed by atoms with Crippen LogP contribution >= 0.6 is 0 Å². The first-order valence-corrected chi connectivity index (χ1v) is 12.6. The molecule has 0 atom stereocenters. The molecular weight excluding hydrogens is 426 g/mol. The number of carbonyl (C=O) groups is 2. The molecule has 0 spiro atoms. The van der Waals surface area contributed by atoms with Gasteiger partial charge in [0.25, 0.3) is 0 Å². The summed E-state index contributed by atoms with van der Waals surface area (Å²) in [6.45, 7) is 4.03. The van der Waals surface area contributed by atoms with Crippen molar-refractivity contribution in [1.29, 1.82) is 0 Å². The van der Waals surface area contributed by atoms with E-state index in [1.807, 2.05) is 24.3 Å². The molecule has 1 N–H and O–H groups in total. The lowest BCUT2D eigenvalue weighted by molar-refractivity contribution is -0.120. The summed E-state index contributed by atoms with van der Waals surface area (Å²) >= 11 is 0. The van der Waals surface area contributed by atoms with Crippen molar-refractivity contribution in [2.45, 2.75) is 37.5 Å². The van der Waals surface area contributed by atoms with Gasteiger partial charge in [0.2, 0.25) is 15.9 Å². The van der Waals surface area contributed by atoms with Gasteiger partial charge in [0.15, 0.2) is 5.78 Å². The third-order valence-corrected chi connectivity index (χ3v) is 8.24. The van der Waals surface area contributed by atoms with E-state index < -0.39 is 10.0 Å². The van der Waals surface area contributed by atoms with Crippen molar-refractivity contribution >= 4 is 33.1 Å². The highest BCUT2D eigenvalue weighted by Crippen LogP contribution is 2.30. The number of ketones is 1. The average Bonchev–Trinajstić information content (AvgIpc) is 3.34. The number of para-hydroxylation sites is 2. The van der Waals surface area contributed by atoms with Crippen LogP contribution in [0.3, 0.4) is 0 Å². The molecule has 0 radical (unpaired) electrons. The van der Waals surface area contributed by atoms with Gasteiger partial charge in [-0.2, -0.15) is 4.31 Å². The lowest BCUT2D eigenvalue weighted by Gasteiger charge is -2.31. The highest BCUT2D eigenvalue weighted by Gasteiger charge is 2.32. The Labute approximate surface area is 189 Å². The van der Waals surface area contributed by atoms with Gasteiger partial charge >= 0.3 is 0 Å². The molecular formula is C24H29N3O4S. The molecule has 0 aliphatic carbocycles. The van der Waals surface area contributed by atoms with Gasteiger partial charge in [0.1, 0.15) is 0 Å². The van der Waals surface area contributed by atoms with E-state index in [9.17, 15) is 18.0 Å². The number of sulfonamides is 1. The lowest BCUT2D eigenvalue weighted by Crippen LogP contribution is -2.41. The maximum absolute atomic E-state index is 13.0. The maximum Gasteiger partial charge on any atom is 0.243 e. The Morgan fingerprint density at radius 3 is 2.16 bits per heavy atom. The molecule has 2 aromatic rings. The van der Waals surface area contributed by atoms with Crippen LogP contribution in [-0.4, -0.2) is 50.6 Å². The fourth-order valence-electron chi connectivity index (χ4n) is 4.42. The fraction of sp³-hybridized carbons (Fsp3) is 0.417. The zero-order chi connectivity index (χ0) is 22.7. The van der Waals surface area contributed by atoms with Gasteiger partial charge in [-0.1, -0.05) is 24.3 Å². The van der Waals surface area contributed by atoms with E-state index >= 15 is 0 Å². The van der Waals surface area contributed by atoms with Gasteiger partial charge < -0.3 is 10.2 Å². The van der Waals surface area contributed by atoms with Crippen molar-refractivity contribution in [1.82, 2.24) is 4.31 Å². The van der Waals surface area contributed by atoms with Crippen LogP contribution in [0.5, 0.6) is 0 Å². The van der Waals surface area contributed by atoms with Crippen molar-refractivity contribution < 1.29 is 18.0 Å². The molecule has 4 rings (SSSR count). The van der Waals surface area contributed by atoms with Crippen LogP contribution < -0.4 is 10.2 Å². The second kappa shape index (κ2) is 9.42. The number of piperidine rings is 1. The Morgan fingerprint density at radius 1 is 0.906 bits per heavy atom. The van der Waals surface area contributed by atoms with E-state index in [4.69, 9.17) is 0 Å². The summed E-state index contributed by atoms with van der Waals surface area (Å²) in [5.74, 6) is -0.389. The van der Waals surface area contributed by atoms with Gasteiger partial charge in [-0.15, -0.1) is 0 Å². The average molecular weight is 456 g/mol.